The van der Waals surface area contributed by atoms with Crippen LogP contribution in [0.1, 0.15) is 20.8 Å². The van der Waals surface area contributed by atoms with E-state index in [0.717, 1.165) is 0 Å². The molecule has 0 unspecified atom stereocenters. The van der Waals surface area contributed by atoms with E-state index in [1.807, 2.05) is 0 Å². The van der Waals surface area contributed by atoms with Crippen molar-refractivity contribution in [1.29, 1.82) is 5.41 Å². The van der Waals surface area contributed by atoms with E-state index in [9.17, 15) is 0 Å². The fraction of sp³-hybridized carbons (Fsp3) is 0.750. The summed E-state index contributed by atoms with van der Waals surface area (Å²) in [5, 5.41) is 7.42. The average Bonchev–Trinajstić information content (AvgIpc) is 1.99. The fourth-order valence-corrected chi connectivity index (χ4v) is 0.899. The molecule has 0 bridgehead atoms. The number of rotatable bonds is 1. The van der Waals surface area contributed by atoms with Gasteiger partial charge in [0.25, 0.3) is 0 Å². The molecular weight excluding hydrogens is 198 g/mol. The molecule has 0 aromatic heterocycles. The molecule has 0 heterocycles. The first kappa shape index (κ1) is 13.1. The largest absolute Gasteiger partial charge is 0.369 e. The zero-order valence-electron chi connectivity index (χ0n) is 9.38. The van der Waals surface area contributed by atoms with Gasteiger partial charge in [0.1, 0.15) is 0 Å². The minimum absolute atomic E-state index is 0.0699. The lowest BCUT2D eigenvalue weighted by Crippen LogP contribution is -2.32. The number of guanidine groups is 2. The lowest BCUT2D eigenvalue weighted by atomic mass is 10.3. The smallest absolute Gasteiger partial charge is 0.220 e. The molecule has 0 atom stereocenters. The lowest BCUT2D eigenvalue weighted by molar-refractivity contribution is 0.609. The highest BCUT2D eigenvalue weighted by molar-refractivity contribution is 7.99. The first-order valence-electron chi connectivity index (χ1n) is 4.26. The number of hydrogen-bond acceptors (Lipinski definition) is 2. The predicted octanol–water partition coefficient (Wildman–Crippen LogP) is 0.834. The normalized spacial score (nSPS) is 12.5. The summed E-state index contributed by atoms with van der Waals surface area (Å²) in [6.45, 7) is 6.19. The van der Waals surface area contributed by atoms with Gasteiger partial charge in [-0.05, 0) is 32.7 Å². The van der Waals surface area contributed by atoms with Gasteiger partial charge in [0.2, 0.25) is 11.9 Å². The SMILES string of the molecule is CN(C)C(=N)/N=C(\N)NSC(C)(C)C. The molecule has 0 aliphatic heterocycles. The van der Waals surface area contributed by atoms with E-state index >= 15 is 0 Å². The Morgan fingerprint density at radius 1 is 1.43 bits per heavy atom. The van der Waals surface area contributed by atoms with Crippen molar-refractivity contribution < 1.29 is 0 Å². The summed E-state index contributed by atoms with van der Waals surface area (Å²) < 4.78 is 2.96. The van der Waals surface area contributed by atoms with Crippen LogP contribution >= 0.6 is 11.9 Å². The molecule has 0 aromatic carbocycles. The van der Waals surface area contributed by atoms with Crippen molar-refractivity contribution in [2.75, 3.05) is 14.1 Å². The average molecular weight is 217 g/mol. The summed E-state index contributed by atoms with van der Waals surface area (Å²) in [5.74, 6) is 0.383. The Hall–Kier alpha value is -0.910. The minimum atomic E-state index is 0.0699. The molecule has 6 heteroatoms. The molecule has 0 aliphatic carbocycles. The summed E-state index contributed by atoms with van der Waals surface area (Å²) in [7, 11) is 3.49. The highest BCUT2D eigenvalue weighted by Crippen LogP contribution is 2.18. The van der Waals surface area contributed by atoms with Crippen LogP contribution in [0.15, 0.2) is 4.99 Å². The molecule has 0 fully saturated rings. The van der Waals surface area contributed by atoms with Crippen LogP contribution in [0.25, 0.3) is 0 Å². The Kier molecular flexibility index (Phi) is 4.76. The zero-order valence-corrected chi connectivity index (χ0v) is 10.2. The van der Waals surface area contributed by atoms with Gasteiger partial charge in [-0.2, -0.15) is 4.99 Å². The highest BCUT2D eigenvalue weighted by Gasteiger charge is 2.11. The molecule has 82 valence electrons. The van der Waals surface area contributed by atoms with Crippen LogP contribution in [0.3, 0.4) is 0 Å². The molecule has 4 N–H and O–H groups in total. The second-order valence-corrected chi connectivity index (χ2v) is 5.66. The Morgan fingerprint density at radius 2 is 1.93 bits per heavy atom. The molecule has 0 aromatic rings. The molecular formula is C8H19N5S. The summed E-state index contributed by atoms with van der Waals surface area (Å²) >= 11 is 1.47. The van der Waals surface area contributed by atoms with Crippen LogP contribution < -0.4 is 10.5 Å². The number of nitrogens with zero attached hydrogens (tertiary/aromatic N) is 2. The molecule has 5 nitrogen and oxygen atoms in total. The van der Waals surface area contributed by atoms with Crippen LogP contribution in [0, 0.1) is 5.41 Å². The first-order chi connectivity index (χ1) is 6.22. The second-order valence-electron chi connectivity index (χ2n) is 4.03. The van der Waals surface area contributed by atoms with Crippen molar-refractivity contribution >= 4 is 23.9 Å². The summed E-state index contributed by atoms with van der Waals surface area (Å²) in [5.41, 5.74) is 5.57. The van der Waals surface area contributed by atoms with Crippen molar-refractivity contribution in [2.24, 2.45) is 10.7 Å². The van der Waals surface area contributed by atoms with E-state index in [1.165, 1.54) is 11.9 Å². The van der Waals surface area contributed by atoms with Gasteiger partial charge in [0.05, 0.1) is 0 Å². The van der Waals surface area contributed by atoms with Gasteiger partial charge in [-0.25, -0.2) is 0 Å². The van der Waals surface area contributed by atoms with Gasteiger partial charge in [0, 0.05) is 18.8 Å². The predicted molar refractivity (Wildman–Crippen MR) is 63.5 cm³/mol. The molecule has 0 rings (SSSR count). The van der Waals surface area contributed by atoms with Crippen molar-refractivity contribution in [2.45, 2.75) is 25.5 Å². The summed E-state index contributed by atoms with van der Waals surface area (Å²) in [6, 6.07) is 0. The van der Waals surface area contributed by atoms with Crippen LogP contribution in [-0.2, 0) is 0 Å². The maximum Gasteiger partial charge on any atom is 0.220 e. The second kappa shape index (κ2) is 5.09. The van der Waals surface area contributed by atoms with Crippen molar-refractivity contribution in [1.82, 2.24) is 9.62 Å². The lowest BCUT2D eigenvalue weighted by Gasteiger charge is -2.18. The van der Waals surface area contributed by atoms with Crippen molar-refractivity contribution in [3.8, 4) is 0 Å². The van der Waals surface area contributed by atoms with Gasteiger partial charge < -0.3 is 10.6 Å². The molecule has 0 radical (unpaired) electrons. The minimum Gasteiger partial charge on any atom is -0.369 e. The summed E-state index contributed by atoms with van der Waals surface area (Å²) in [6.07, 6.45) is 0. The van der Waals surface area contributed by atoms with Crippen LogP contribution in [0.5, 0.6) is 0 Å². The quantitative estimate of drug-likeness (QED) is 0.345. The van der Waals surface area contributed by atoms with Crippen molar-refractivity contribution in [3.05, 3.63) is 0 Å². The number of nitrogens with two attached hydrogens (primary N) is 1. The summed E-state index contributed by atoms with van der Waals surface area (Å²) in [4.78, 5) is 5.43. The molecule has 14 heavy (non-hydrogen) atoms. The maximum absolute atomic E-state index is 7.42. The highest BCUT2D eigenvalue weighted by atomic mass is 32.2. The van der Waals surface area contributed by atoms with E-state index in [-0.39, 0.29) is 16.7 Å². The van der Waals surface area contributed by atoms with Gasteiger partial charge in [0.15, 0.2) is 0 Å². The monoisotopic (exact) mass is 217 g/mol. The van der Waals surface area contributed by atoms with Crippen LogP contribution in [0.4, 0.5) is 0 Å². The van der Waals surface area contributed by atoms with Gasteiger partial charge >= 0.3 is 0 Å². The first-order valence-corrected chi connectivity index (χ1v) is 5.08. The van der Waals surface area contributed by atoms with E-state index < -0.39 is 0 Å². The third-order valence-corrected chi connectivity index (χ3v) is 2.04. The van der Waals surface area contributed by atoms with E-state index in [4.69, 9.17) is 11.1 Å². The van der Waals surface area contributed by atoms with Crippen LogP contribution in [0.2, 0.25) is 0 Å². The fourth-order valence-electron chi connectivity index (χ4n) is 0.442. The Balaban J connectivity index is 4.08. The van der Waals surface area contributed by atoms with E-state index in [2.05, 4.69) is 30.5 Å². The Bertz CT molecular complexity index is 228. The Morgan fingerprint density at radius 3 is 2.29 bits per heavy atom. The van der Waals surface area contributed by atoms with Crippen LogP contribution in [-0.4, -0.2) is 35.7 Å². The van der Waals surface area contributed by atoms with Crippen molar-refractivity contribution in [3.63, 3.8) is 0 Å². The third-order valence-electron chi connectivity index (χ3n) is 1.11. The number of nitrogens with one attached hydrogen (secondary N) is 2. The van der Waals surface area contributed by atoms with Gasteiger partial charge in [-0.1, -0.05) is 0 Å². The Labute approximate surface area is 89.8 Å². The van der Waals surface area contributed by atoms with Gasteiger partial charge in [-0.3, -0.25) is 10.1 Å². The maximum atomic E-state index is 7.42. The zero-order chi connectivity index (χ0) is 11.4. The standard InChI is InChI=1S/C8H19N5S/c1-8(2,3)14-12-6(9)11-7(10)13(4)5/h1-5H3,(H4,9,10,11,12). The topological polar surface area (TPSA) is 77.5 Å². The van der Waals surface area contributed by atoms with E-state index in [1.54, 1.807) is 19.0 Å². The number of aliphatic imine (C=N–C) groups is 1. The molecule has 0 amide bonds. The van der Waals surface area contributed by atoms with Gasteiger partial charge in [-0.15, -0.1) is 0 Å². The molecule has 0 aliphatic rings. The number of hydrogen-bond donors (Lipinski definition) is 3. The van der Waals surface area contributed by atoms with E-state index in [0.29, 0.717) is 0 Å². The molecule has 0 saturated heterocycles. The third kappa shape index (κ3) is 6.59. The molecule has 0 saturated carbocycles. The molecule has 0 spiro atoms.